The molecule has 0 aliphatic carbocycles. The van der Waals surface area contributed by atoms with E-state index in [9.17, 15) is 0 Å². The molecular weight excluding hydrogens is 198 g/mol. The summed E-state index contributed by atoms with van der Waals surface area (Å²) in [6, 6.07) is 0. The first kappa shape index (κ1) is 9.26. The third-order valence-electron chi connectivity index (χ3n) is 2.31. The average molecular weight is 211 g/mol. The second-order valence-electron chi connectivity index (χ2n) is 3.17. The molecule has 0 atom stereocenters. The minimum absolute atomic E-state index is 0.170. The first-order valence-electron chi connectivity index (χ1n) is 4.51. The van der Waals surface area contributed by atoms with Crippen molar-refractivity contribution >= 4 is 22.4 Å². The number of aromatic nitrogens is 1. The number of hydrogen-bond donors (Lipinski definition) is 2. The molecule has 0 amide bonds. The van der Waals surface area contributed by atoms with Gasteiger partial charge in [0.1, 0.15) is 0 Å². The highest BCUT2D eigenvalue weighted by Gasteiger charge is 2.18. The maximum atomic E-state index is 7.30. The fourth-order valence-corrected chi connectivity index (χ4v) is 2.21. The predicted molar refractivity (Wildman–Crippen MR) is 57.8 cm³/mol. The Morgan fingerprint density at radius 3 is 2.64 bits per heavy atom. The van der Waals surface area contributed by atoms with Crippen LogP contribution in [0.15, 0.2) is 11.6 Å². The molecule has 2 rings (SSSR count). The Morgan fingerprint density at radius 2 is 2.14 bits per heavy atom. The molecule has 3 N–H and O–H groups in total. The molecule has 0 spiro atoms. The van der Waals surface area contributed by atoms with E-state index in [4.69, 9.17) is 11.1 Å². The Balaban J connectivity index is 1.93. The quantitative estimate of drug-likeness (QED) is 0.513. The van der Waals surface area contributed by atoms with Gasteiger partial charge in [-0.25, -0.2) is 4.98 Å². The number of nitrogens with two attached hydrogens (primary N) is 1. The van der Waals surface area contributed by atoms with E-state index in [2.05, 4.69) is 9.88 Å². The Hall–Kier alpha value is -1.30. The second-order valence-corrected chi connectivity index (χ2v) is 4.05. The number of rotatable bonds is 1. The Kier molecular flexibility index (Phi) is 2.53. The number of hydrogen-bond acceptors (Lipinski definition) is 4. The fraction of sp³-hybridized carbons (Fsp3) is 0.500. The van der Waals surface area contributed by atoms with Crippen LogP contribution in [0.2, 0.25) is 0 Å². The van der Waals surface area contributed by atoms with Gasteiger partial charge in [0.15, 0.2) is 11.1 Å². The van der Waals surface area contributed by atoms with E-state index in [0.717, 1.165) is 31.3 Å². The van der Waals surface area contributed by atoms with E-state index in [1.165, 1.54) is 0 Å². The van der Waals surface area contributed by atoms with Crippen molar-refractivity contribution in [1.29, 1.82) is 5.41 Å². The molecule has 0 unspecified atom stereocenters. The fourth-order valence-electron chi connectivity index (χ4n) is 1.51. The maximum Gasteiger partial charge on any atom is 0.188 e. The van der Waals surface area contributed by atoms with E-state index in [1.54, 1.807) is 11.3 Å². The normalized spacial score (nSPS) is 17.1. The lowest BCUT2D eigenvalue weighted by Crippen LogP contribution is -2.50. The maximum absolute atomic E-state index is 7.30. The van der Waals surface area contributed by atoms with Crippen molar-refractivity contribution < 1.29 is 0 Å². The van der Waals surface area contributed by atoms with Gasteiger partial charge in [0.2, 0.25) is 0 Å². The van der Waals surface area contributed by atoms with Crippen molar-refractivity contribution in [2.75, 3.05) is 31.1 Å². The van der Waals surface area contributed by atoms with Gasteiger partial charge >= 0.3 is 0 Å². The first-order valence-corrected chi connectivity index (χ1v) is 5.39. The van der Waals surface area contributed by atoms with Crippen molar-refractivity contribution in [3.8, 4) is 0 Å². The van der Waals surface area contributed by atoms with Crippen molar-refractivity contribution in [3.05, 3.63) is 11.6 Å². The van der Waals surface area contributed by atoms with Gasteiger partial charge in [-0.1, -0.05) is 0 Å². The van der Waals surface area contributed by atoms with Crippen LogP contribution < -0.4 is 10.6 Å². The van der Waals surface area contributed by atoms with E-state index < -0.39 is 0 Å². The van der Waals surface area contributed by atoms with Crippen molar-refractivity contribution in [1.82, 2.24) is 9.88 Å². The van der Waals surface area contributed by atoms with Crippen LogP contribution in [0, 0.1) is 5.41 Å². The number of piperazine rings is 1. The summed E-state index contributed by atoms with van der Waals surface area (Å²) in [5.41, 5.74) is 5.41. The third kappa shape index (κ3) is 1.79. The molecule has 1 fully saturated rings. The van der Waals surface area contributed by atoms with Crippen LogP contribution in [-0.4, -0.2) is 42.0 Å². The lowest BCUT2D eigenvalue weighted by molar-refractivity contribution is 0.380. The van der Waals surface area contributed by atoms with E-state index in [0.29, 0.717) is 0 Å². The lowest BCUT2D eigenvalue weighted by atomic mass is 10.3. The molecule has 1 aromatic rings. The second kappa shape index (κ2) is 3.83. The molecule has 1 saturated heterocycles. The lowest BCUT2D eigenvalue weighted by Gasteiger charge is -2.34. The summed E-state index contributed by atoms with van der Waals surface area (Å²) in [5.74, 6) is 0.170. The van der Waals surface area contributed by atoms with Gasteiger partial charge in [-0.3, -0.25) is 5.41 Å². The molecule has 0 aromatic carbocycles. The zero-order valence-electron chi connectivity index (χ0n) is 7.81. The molecule has 76 valence electrons. The first-order chi connectivity index (χ1) is 6.77. The molecular formula is C8H13N5S. The number of anilines is 1. The van der Waals surface area contributed by atoms with Crippen LogP contribution in [0.3, 0.4) is 0 Å². The Labute approximate surface area is 86.7 Å². The highest BCUT2D eigenvalue weighted by molar-refractivity contribution is 7.13. The molecule has 0 bridgehead atoms. The standard InChI is InChI=1S/C8H13N5S/c9-7(10)12-2-4-13(5-3-12)8-11-1-6-14-8/h1,6H,2-5H2,(H3,9,10). The van der Waals surface area contributed by atoms with Gasteiger partial charge in [0.05, 0.1) is 0 Å². The predicted octanol–water partition coefficient (Wildman–Crippen LogP) is 0.159. The van der Waals surface area contributed by atoms with Crippen LogP contribution in [0.1, 0.15) is 0 Å². The smallest absolute Gasteiger partial charge is 0.188 e. The summed E-state index contributed by atoms with van der Waals surface area (Å²) in [4.78, 5) is 8.36. The number of nitrogens with zero attached hydrogens (tertiary/aromatic N) is 3. The van der Waals surface area contributed by atoms with Gasteiger partial charge in [-0.05, 0) is 0 Å². The van der Waals surface area contributed by atoms with Crippen molar-refractivity contribution in [2.45, 2.75) is 0 Å². The SMILES string of the molecule is N=C(N)N1CCN(c2nccs2)CC1. The number of guanidine groups is 1. The minimum atomic E-state index is 0.170. The van der Waals surface area contributed by atoms with Crippen molar-refractivity contribution in [2.24, 2.45) is 5.73 Å². The highest BCUT2D eigenvalue weighted by atomic mass is 32.1. The van der Waals surface area contributed by atoms with Gasteiger partial charge in [0.25, 0.3) is 0 Å². The summed E-state index contributed by atoms with van der Waals surface area (Å²) in [7, 11) is 0. The van der Waals surface area contributed by atoms with Gasteiger partial charge < -0.3 is 15.5 Å². The number of thiazole rings is 1. The summed E-state index contributed by atoms with van der Waals surface area (Å²) in [6.07, 6.45) is 1.82. The summed E-state index contributed by atoms with van der Waals surface area (Å²) in [6.45, 7) is 3.42. The summed E-state index contributed by atoms with van der Waals surface area (Å²) in [5, 5.41) is 10.3. The zero-order chi connectivity index (χ0) is 9.97. The Morgan fingerprint density at radius 1 is 1.43 bits per heavy atom. The molecule has 0 saturated carbocycles. The summed E-state index contributed by atoms with van der Waals surface area (Å²) >= 11 is 1.65. The van der Waals surface area contributed by atoms with Gasteiger partial charge in [-0.15, -0.1) is 11.3 Å². The molecule has 6 heteroatoms. The molecule has 1 aliphatic heterocycles. The largest absolute Gasteiger partial charge is 0.370 e. The Bertz CT molecular complexity index is 302. The van der Waals surface area contributed by atoms with E-state index >= 15 is 0 Å². The molecule has 1 aromatic heterocycles. The number of nitrogens with one attached hydrogen (secondary N) is 1. The monoisotopic (exact) mass is 211 g/mol. The molecule has 1 aliphatic rings. The summed E-state index contributed by atoms with van der Waals surface area (Å²) < 4.78 is 0. The minimum Gasteiger partial charge on any atom is -0.370 e. The van der Waals surface area contributed by atoms with Crippen LogP contribution in [0.5, 0.6) is 0 Å². The van der Waals surface area contributed by atoms with Crippen LogP contribution in [0.25, 0.3) is 0 Å². The van der Waals surface area contributed by atoms with E-state index in [1.807, 2.05) is 16.5 Å². The van der Waals surface area contributed by atoms with Gasteiger partial charge in [-0.2, -0.15) is 0 Å². The molecule has 2 heterocycles. The molecule has 5 nitrogen and oxygen atoms in total. The molecule has 14 heavy (non-hydrogen) atoms. The third-order valence-corrected chi connectivity index (χ3v) is 3.14. The van der Waals surface area contributed by atoms with Crippen LogP contribution in [-0.2, 0) is 0 Å². The van der Waals surface area contributed by atoms with Crippen LogP contribution >= 0.6 is 11.3 Å². The molecule has 0 radical (unpaired) electrons. The van der Waals surface area contributed by atoms with Gasteiger partial charge in [0, 0.05) is 37.8 Å². The highest BCUT2D eigenvalue weighted by Crippen LogP contribution is 2.18. The zero-order valence-corrected chi connectivity index (χ0v) is 8.63. The van der Waals surface area contributed by atoms with Crippen molar-refractivity contribution in [3.63, 3.8) is 0 Å². The topological polar surface area (TPSA) is 69.2 Å². The van der Waals surface area contributed by atoms with Crippen LogP contribution in [0.4, 0.5) is 5.13 Å². The van der Waals surface area contributed by atoms with E-state index in [-0.39, 0.29) is 5.96 Å². The average Bonchev–Trinajstić information content (AvgIpc) is 2.71.